The lowest BCUT2D eigenvalue weighted by Crippen LogP contribution is -2.50. The third-order valence-electron chi connectivity index (χ3n) is 4.83. The first-order chi connectivity index (χ1) is 9.49. The summed E-state index contributed by atoms with van der Waals surface area (Å²) < 4.78 is 0. The van der Waals surface area contributed by atoms with Gasteiger partial charge in [0.15, 0.2) is 0 Å². The summed E-state index contributed by atoms with van der Waals surface area (Å²) in [5.74, 6) is 0.148. The molecule has 1 saturated carbocycles. The number of likely N-dealkylation sites (tertiary alicyclic amines) is 1. The Labute approximate surface area is 122 Å². The highest BCUT2D eigenvalue weighted by Crippen LogP contribution is 2.25. The SMILES string of the molecule is CC1CCCN(CCCC(C)(NC2CC2)C(=O)O)CC1. The molecule has 0 aromatic carbocycles. The van der Waals surface area contributed by atoms with Crippen molar-refractivity contribution in [2.75, 3.05) is 19.6 Å². The Balaban J connectivity index is 1.73. The molecule has 20 heavy (non-hydrogen) atoms. The molecular weight excluding hydrogens is 252 g/mol. The largest absolute Gasteiger partial charge is 0.480 e. The van der Waals surface area contributed by atoms with Gasteiger partial charge < -0.3 is 10.0 Å². The number of nitrogens with zero attached hydrogens (tertiary/aromatic N) is 1. The van der Waals surface area contributed by atoms with E-state index in [9.17, 15) is 9.90 Å². The van der Waals surface area contributed by atoms with Crippen molar-refractivity contribution >= 4 is 5.97 Å². The van der Waals surface area contributed by atoms with E-state index in [-0.39, 0.29) is 0 Å². The Morgan fingerprint density at radius 3 is 2.70 bits per heavy atom. The van der Waals surface area contributed by atoms with Crippen molar-refractivity contribution in [1.29, 1.82) is 0 Å². The van der Waals surface area contributed by atoms with Gasteiger partial charge in [-0.05, 0) is 77.4 Å². The average molecular weight is 282 g/mol. The topological polar surface area (TPSA) is 52.6 Å². The Morgan fingerprint density at radius 1 is 1.30 bits per heavy atom. The molecule has 0 amide bonds. The fourth-order valence-corrected chi connectivity index (χ4v) is 3.12. The van der Waals surface area contributed by atoms with Gasteiger partial charge in [-0.3, -0.25) is 10.1 Å². The highest BCUT2D eigenvalue weighted by Gasteiger charge is 2.37. The van der Waals surface area contributed by atoms with Crippen molar-refractivity contribution < 1.29 is 9.90 Å². The number of carboxylic acid groups (broad SMARTS) is 1. The standard InChI is InChI=1S/C16H30N2O2/c1-13-5-3-10-18(12-8-13)11-4-9-16(2,15(19)20)17-14-6-7-14/h13-14,17H,3-12H2,1-2H3,(H,19,20). The summed E-state index contributed by atoms with van der Waals surface area (Å²) >= 11 is 0. The summed E-state index contributed by atoms with van der Waals surface area (Å²) in [6.45, 7) is 7.59. The van der Waals surface area contributed by atoms with Crippen LogP contribution in [-0.2, 0) is 4.79 Å². The maximum Gasteiger partial charge on any atom is 0.323 e. The second-order valence-electron chi connectivity index (χ2n) is 7.04. The number of hydrogen-bond acceptors (Lipinski definition) is 3. The van der Waals surface area contributed by atoms with Crippen molar-refractivity contribution in [3.05, 3.63) is 0 Å². The van der Waals surface area contributed by atoms with Crippen LogP contribution in [0, 0.1) is 5.92 Å². The Kier molecular flexibility index (Phi) is 5.44. The van der Waals surface area contributed by atoms with Crippen LogP contribution in [0.15, 0.2) is 0 Å². The molecule has 2 N–H and O–H groups in total. The molecule has 0 radical (unpaired) electrons. The molecule has 4 heteroatoms. The van der Waals surface area contributed by atoms with E-state index in [2.05, 4.69) is 17.1 Å². The van der Waals surface area contributed by atoms with E-state index in [1.54, 1.807) is 0 Å². The molecule has 2 unspecified atom stereocenters. The van der Waals surface area contributed by atoms with E-state index >= 15 is 0 Å². The van der Waals surface area contributed by atoms with Crippen LogP contribution in [0.3, 0.4) is 0 Å². The maximum absolute atomic E-state index is 11.5. The first-order valence-electron chi connectivity index (χ1n) is 8.23. The summed E-state index contributed by atoms with van der Waals surface area (Å²) in [5.41, 5.74) is -0.736. The van der Waals surface area contributed by atoms with Crippen molar-refractivity contribution in [3.63, 3.8) is 0 Å². The second-order valence-corrected chi connectivity index (χ2v) is 7.04. The molecule has 2 fully saturated rings. The summed E-state index contributed by atoms with van der Waals surface area (Å²) in [7, 11) is 0. The van der Waals surface area contributed by atoms with E-state index in [1.807, 2.05) is 6.92 Å². The fourth-order valence-electron chi connectivity index (χ4n) is 3.12. The predicted molar refractivity (Wildman–Crippen MR) is 80.9 cm³/mol. The molecule has 2 atom stereocenters. The van der Waals surface area contributed by atoms with Crippen LogP contribution in [0.1, 0.15) is 58.8 Å². The summed E-state index contributed by atoms with van der Waals surface area (Å²) in [5, 5.41) is 12.8. The van der Waals surface area contributed by atoms with E-state index in [0.717, 1.165) is 38.1 Å². The number of rotatable bonds is 7. The first kappa shape index (κ1) is 15.8. The van der Waals surface area contributed by atoms with Crippen LogP contribution in [0.2, 0.25) is 0 Å². The first-order valence-corrected chi connectivity index (χ1v) is 8.23. The third-order valence-corrected chi connectivity index (χ3v) is 4.83. The minimum Gasteiger partial charge on any atom is -0.480 e. The van der Waals surface area contributed by atoms with Crippen LogP contribution in [-0.4, -0.2) is 47.2 Å². The molecule has 1 aliphatic heterocycles. The van der Waals surface area contributed by atoms with Crippen LogP contribution >= 0.6 is 0 Å². The molecule has 0 aromatic rings. The lowest BCUT2D eigenvalue weighted by Gasteiger charge is -2.28. The average Bonchev–Trinajstić information content (AvgIpc) is 3.19. The molecule has 1 saturated heterocycles. The van der Waals surface area contributed by atoms with Gasteiger partial charge >= 0.3 is 5.97 Å². The molecule has 116 valence electrons. The summed E-state index contributed by atoms with van der Waals surface area (Å²) in [6, 6.07) is 0.440. The van der Waals surface area contributed by atoms with Crippen molar-refractivity contribution in [3.8, 4) is 0 Å². The van der Waals surface area contributed by atoms with Crippen LogP contribution < -0.4 is 5.32 Å². The van der Waals surface area contributed by atoms with Gasteiger partial charge in [-0.15, -0.1) is 0 Å². The van der Waals surface area contributed by atoms with E-state index in [1.165, 1.54) is 32.4 Å². The molecule has 1 aliphatic carbocycles. The van der Waals surface area contributed by atoms with Gasteiger partial charge in [0, 0.05) is 6.04 Å². The van der Waals surface area contributed by atoms with Gasteiger partial charge in [-0.25, -0.2) is 0 Å². The smallest absolute Gasteiger partial charge is 0.323 e. The highest BCUT2D eigenvalue weighted by atomic mass is 16.4. The lowest BCUT2D eigenvalue weighted by atomic mass is 9.95. The van der Waals surface area contributed by atoms with E-state index in [4.69, 9.17) is 0 Å². The molecule has 0 spiro atoms. The second kappa shape index (κ2) is 6.90. The number of hydrogen-bond donors (Lipinski definition) is 2. The molecule has 1 heterocycles. The minimum atomic E-state index is -0.736. The van der Waals surface area contributed by atoms with Gasteiger partial charge in [0.1, 0.15) is 5.54 Å². The number of aliphatic carboxylic acids is 1. The fraction of sp³-hybridized carbons (Fsp3) is 0.938. The quantitative estimate of drug-likeness (QED) is 0.753. The van der Waals surface area contributed by atoms with Gasteiger partial charge in [0.05, 0.1) is 0 Å². The highest BCUT2D eigenvalue weighted by molar-refractivity contribution is 5.78. The van der Waals surface area contributed by atoms with E-state index in [0.29, 0.717) is 6.04 Å². The normalized spacial score (nSPS) is 27.8. The molecule has 0 bridgehead atoms. The monoisotopic (exact) mass is 282 g/mol. The number of carbonyl (C=O) groups is 1. The zero-order valence-electron chi connectivity index (χ0n) is 13.0. The predicted octanol–water partition coefficient (Wildman–Crippen LogP) is 2.48. The van der Waals surface area contributed by atoms with E-state index < -0.39 is 11.5 Å². The van der Waals surface area contributed by atoms with Gasteiger partial charge in [-0.1, -0.05) is 6.92 Å². The van der Waals surface area contributed by atoms with Crippen LogP contribution in [0.5, 0.6) is 0 Å². The Morgan fingerprint density at radius 2 is 2.05 bits per heavy atom. The number of carboxylic acids is 1. The summed E-state index contributed by atoms with van der Waals surface area (Å²) in [4.78, 5) is 14.0. The molecule has 2 aliphatic rings. The lowest BCUT2D eigenvalue weighted by molar-refractivity contribution is -0.144. The third kappa shape index (κ3) is 4.74. The Bertz CT molecular complexity index is 330. The molecule has 0 aromatic heterocycles. The zero-order chi connectivity index (χ0) is 14.6. The van der Waals surface area contributed by atoms with Gasteiger partial charge in [-0.2, -0.15) is 0 Å². The van der Waals surface area contributed by atoms with Crippen LogP contribution in [0.25, 0.3) is 0 Å². The maximum atomic E-state index is 11.5. The van der Waals surface area contributed by atoms with Gasteiger partial charge in [0.2, 0.25) is 0 Å². The van der Waals surface area contributed by atoms with Crippen LogP contribution in [0.4, 0.5) is 0 Å². The number of nitrogens with one attached hydrogen (secondary N) is 1. The van der Waals surface area contributed by atoms with Crippen molar-refractivity contribution in [2.24, 2.45) is 5.92 Å². The Hall–Kier alpha value is -0.610. The minimum absolute atomic E-state index is 0.440. The molecule has 4 nitrogen and oxygen atoms in total. The van der Waals surface area contributed by atoms with Gasteiger partial charge in [0.25, 0.3) is 0 Å². The zero-order valence-corrected chi connectivity index (χ0v) is 13.0. The molecule has 2 rings (SSSR count). The van der Waals surface area contributed by atoms with Crippen molar-refractivity contribution in [1.82, 2.24) is 10.2 Å². The molecular formula is C16H30N2O2. The van der Waals surface area contributed by atoms with Crippen molar-refractivity contribution in [2.45, 2.75) is 70.4 Å². The summed E-state index contributed by atoms with van der Waals surface area (Å²) in [6.07, 6.45) is 7.88.